The molecule has 0 radical (unpaired) electrons. The molecular weight excluding hydrogens is 378 g/mol. The topological polar surface area (TPSA) is 81.2 Å². The molecule has 0 unspecified atom stereocenters. The Morgan fingerprint density at radius 2 is 1.60 bits per heavy atom. The van der Waals surface area contributed by atoms with Gasteiger partial charge in [0.25, 0.3) is 0 Å². The molecule has 0 aliphatic heterocycles. The maximum atomic E-state index is 5.81. The molecule has 0 aliphatic carbocycles. The second kappa shape index (κ2) is 8.91. The van der Waals surface area contributed by atoms with Crippen LogP contribution in [-0.2, 0) is 0 Å². The molecule has 1 heterocycles. The first-order valence-corrected chi connectivity index (χ1v) is 9.41. The number of ether oxygens (including phenoxy) is 2. The van der Waals surface area contributed by atoms with Crippen LogP contribution in [0.3, 0.4) is 0 Å². The third-order valence-electron chi connectivity index (χ3n) is 4.27. The van der Waals surface area contributed by atoms with Crippen molar-refractivity contribution in [3.63, 3.8) is 0 Å². The molecule has 0 saturated heterocycles. The number of hydrogen-bond donors (Lipinski definition) is 2. The second-order valence-electron chi connectivity index (χ2n) is 6.56. The van der Waals surface area contributed by atoms with Crippen LogP contribution < -0.4 is 20.1 Å². The van der Waals surface area contributed by atoms with Gasteiger partial charge in [-0.15, -0.1) is 5.10 Å². The zero-order valence-corrected chi connectivity index (χ0v) is 16.7. The van der Waals surface area contributed by atoms with E-state index in [1.807, 2.05) is 79.7 Å². The van der Waals surface area contributed by atoms with Crippen molar-refractivity contribution < 1.29 is 9.47 Å². The summed E-state index contributed by atoms with van der Waals surface area (Å²) in [6.07, 6.45) is 1.56. The lowest BCUT2D eigenvalue weighted by molar-refractivity contribution is 0.416. The van der Waals surface area contributed by atoms with Crippen LogP contribution >= 0.6 is 0 Å². The number of nitrogens with one attached hydrogen (secondary N) is 2. The summed E-state index contributed by atoms with van der Waals surface area (Å²) in [5.74, 6) is 3.19. The van der Waals surface area contributed by atoms with Crippen LogP contribution in [0.5, 0.6) is 17.2 Å². The number of benzene rings is 3. The van der Waals surface area contributed by atoms with E-state index in [0.717, 1.165) is 34.2 Å². The van der Waals surface area contributed by atoms with E-state index in [1.165, 1.54) is 0 Å². The van der Waals surface area contributed by atoms with Gasteiger partial charge in [0.2, 0.25) is 5.95 Å². The molecule has 0 aliphatic rings. The molecular formula is C23H21N5O2. The number of para-hydroxylation sites is 1. The quantitative estimate of drug-likeness (QED) is 0.426. The summed E-state index contributed by atoms with van der Waals surface area (Å²) in [7, 11) is 1.63. The number of rotatable bonds is 7. The van der Waals surface area contributed by atoms with Crippen LogP contribution in [0.1, 0.15) is 5.56 Å². The largest absolute Gasteiger partial charge is 0.495 e. The standard InChI is InChI=1S/C23H21N5O2/c1-16-8-13-21(29-2)20(14-16)26-22-15-24-28-23(27-22)25-17-9-11-19(12-10-17)30-18-6-4-3-5-7-18/h3-15H,1-2H3,(H2,25,26,27,28). The zero-order chi connectivity index (χ0) is 20.8. The van der Waals surface area contributed by atoms with Crippen molar-refractivity contribution in [3.8, 4) is 17.2 Å². The SMILES string of the molecule is COc1ccc(C)cc1Nc1cnnc(Nc2ccc(Oc3ccccc3)cc2)n1. The van der Waals surface area contributed by atoms with Crippen molar-refractivity contribution in [1.29, 1.82) is 0 Å². The van der Waals surface area contributed by atoms with Gasteiger partial charge in [0, 0.05) is 5.69 Å². The minimum absolute atomic E-state index is 0.378. The summed E-state index contributed by atoms with van der Waals surface area (Å²) >= 11 is 0. The Kier molecular flexibility index (Phi) is 5.70. The summed E-state index contributed by atoms with van der Waals surface area (Å²) < 4.78 is 11.2. The second-order valence-corrected chi connectivity index (χ2v) is 6.56. The summed E-state index contributed by atoms with van der Waals surface area (Å²) in [6.45, 7) is 2.01. The smallest absolute Gasteiger partial charge is 0.249 e. The van der Waals surface area contributed by atoms with Gasteiger partial charge in [-0.05, 0) is 61.0 Å². The minimum Gasteiger partial charge on any atom is -0.495 e. The Labute approximate surface area is 174 Å². The molecule has 30 heavy (non-hydrogen) atoms. The van der Waals surface area contributed by atoms with Crippen molar-refractivity contribution in [2.24, 2.45) is 0 Å². The van der Waals surface area contributed by atoms with Crippen LogP contribution in [0.2, 0.25) is 0 Å². The maximum absolute atomic E-state index is 5.81. The summed E-state index contributed by atoms with van der Waals surface area (Å²) in [6, 6.07) is 23.1. The van der Waals surface area contributed by atoms with Gasteiger partial charge in [-0.2, -0.15) is 10.1 Å². The monoisotopic (exact) mass is 399 g/mol. The summed E-state index contributed by atoms with van der Waals surface area (Å²) in [5.41, 5.74) is 2.74. The van der Waals surface area contributed by atoms with E-state index in [1.54, 1.807) is 13.3 Å². The van der Waals surface area contributed by atoms with Gasteiger partial charge in [0.15, 0.2) is 5.82 Å². The minimum atomic E-state index is 0.378. The number of aryl methyl sites for hydroxylation is 1. The van der Waals surface area contributed by atoms with E-state index in [0.29, 0.717) is 11.8 Å². The van der Waals surface area contributed by atoms with E-state index in [4.69, 9.17) is 9.47 Å². The first-order valence-electron chi connectivity index (χ1n) is 9.41. The van der Waals surface area contributed by atoms with E-state index in [9.17, 15) is 0 Å². The van der Waals surface area contributed by atoms with Crippen molar-refractivity contribution in [2.75, 3.05) is 17.7 Å². The Morgan fingerprint density at radius 1 is 0.833 bits per heavy atom. The Hall–Kier alpha value is -4.13. The van der Waals surface area contributed by atoms with Crippen LogP contribution in [-0.4, -0.2) is 22.3 Å². The van der Waals surface area contributed by atoms with Gasteiger partial charge in [-0.1, -0.05) is 24.3 Å². The van der Waals surface area contributed by atoms with Gasteiger partial charge < -0.3 is 20.1 Å². The number of methoxy groups -OCH3 is 1. The van der Waals surface area contributed by atoms with E-state index < -0.39 is 0 Å². The van der Waals surface area contributed by atoms with Crippen LogP contribution in [0, 0.1) is 6.92 Å². The molecule has 4 rings (SSSR count). The molecule has 0 atom stereocenters. The first-order chi connectivity index (χ1) is 14.7. The van der Waals surface area contributed by atoms with Crippen molar-refractivity contribution in [2.45, 2.75) is 6.92 Å². The molecule has 150 valence electrons. The lowest BCUT2D eigenvalue weighted by Gasteiger charge is -2.12. The fourth-order valence-electron chi connectivity index (χ4n) is 2.83. The molecule has 7 nitrogen and oxygen atoms in total. The Morgan fingerprint density at radius 3 is 2.37 bits per heavy atom. The molecule has 0 fully saturated rings. The molecule has 3 aromatic carbocycles. The van der Waals surface area contributed by atoms with Gasteiger partial charge in [0.1, 0.15) is 17.2 Å². The van der Waals surface area contributed by atoms with Crippen molar-refractivity contribution in [1.82, 2.24) is 15.2 Å². The molecule has 1 aromatic heterocycles. The van der Waals surface area contributed by atoms with Gasteiger partial charge in [-0.3, -0.25) is 0 Å². The van der Waals surface area contributed by atoms with Crippen molar-refractivity contribution >= 4 is 23.1 Å². The van der Waals surface area contributed by atoms with Crippen LogP contribution in [0.15, 0.2) is 79.0 Å². The fraction of sp³-hybridized carbons (Fsp3) is 0.0870. The molecule has 7 heteroatoms. The number of anilines is 4. The lowest BCUT2D eigenvalue weighted by atomic mass is 10.2. The highest BCUT2D eigenvalue weighted by Gasteiger charge is 2.07. The van der Waals surface area contributed by atoms with Crippen LogP contribution in [0.4, 0.5) is 23.1 Å². The third-order valence-corrected chi connectivity index (χ3v) is 4.27. The first kappa shape index (κ1) is 19.2. The fourth-order valence-corrected chi connectivity index (χ4v) is 2.83. The highest BCUT2D eigenvalue weighted by molar-refractivity contribution is 5.65. The maximum Gasteiger partial charge on any atom is 0.249 e. The molecule has 0 bridgehead atoms. The number of hydrogen-bond acceptors (Lipinski definition) is 7. The summed E-state index contributed by atoms with van der Waals surface area (Å²) in [4.78, 5) is 4.48. The molecule has 0 amide bonds. The van der Waals surface area contributed by atoms with Gasteiger partial charge in [0.05, 0.1) is 19.0 Å². The zero-order valence-electron chi connectivity index (χ0n) is 16.7. The third kappa shape index (κ3) is 4.82. The summed E-state index contributed by atoms with van der Waals surface area (Å²) in [5, 5.41) is 14.5. The van der Waals surface area contributed by atoms with E-state index in [-0.39, 0.29) is 0 Å². The van der Waals surface area contributed by atoms with E-state index >= 15 is 0 Å². The Balaban J connectivity index is 1.45. The van der Waals surface area contributed by atoms with Gasteiger partial charge >= 0.3 is 0 Å². The average molecular weight is 399 g/mol. The highest BCUT2D eigenvalue weighted by atomic mass is 16.5. The molecule has 2 N–H and O–H groups in total. The molecule has 0 spiro atoms. The van der Waals surface area contributed by atoms with Gasteiger partial charge in [-0.25, -0.2) is 0 Å². The predicted octanol–water partition coefficient (Wildman–Crippen LogP) is 5.47. The Bertz CT molecular complexity index is 1120. The normalized spacial score (nSPS) is 10.3. The highest BCUT2D eigenvalue weighted by Crippen LogP contribution is 2.28. The molecule has 4 aromatic rings. The van der Waals surface area contributed by atoms with Crippen molar-refractivity contribution in [3.05, 3.63) is 84.6 Å². The number of nitrogens with zero attached hydrogens (tertiary/aromatic N) is 3. The molecule has 0 saturated carbocycles. The van der Waals surface area contributed by atoms with E-state index in [2.05, 4.69) is 25.8 Å². The lowest BCUT2D eigenvalue weighted by Crippen LogP contribution is -2.03. The average Bonchev–Trinajstić information content (AvgIpc) is 2.76. The van der Waals surface area contributed by atoms with Crippen LogP contribution in [0.25, 0.3) is 0 Å². The number of aromatic nitrogens is 3. The predicted molar refractivity (Wildman–Crippen MR) is 117 cm³/mol.